The van der Waals surface area contributed by atoms with Crippen molar-refractivity contribution < 1.29 is 9.18 Å². The molecule has 2 rings (SSSR count). The first-order valence-electron chi connectivity index (χ1n) is 5.15. The number of carbonyl (C=O) groups excluding carboxylic acids is 1. The SMILES string of the molecule is CN(Cc1cn[nH]c1)C(=O)c1cccc(F)c1. The molecule has 0 fully saturated rings. The Morgan fingerprint density at radius 1 is 1.53 bits per heavy atom. The molecule has 1 aromatic heterocycles. The van der Waals surface area contributed by atoms with Crippen LogP contribution in [0.4, 0.5) is 4.39 Å². The van der Waals surface area contributed by atoms with Crippen molar-refractivity contribution in [1.29, 1.82) is 0 Å². The van der Waals surface area contributed by atoms with Crippen LogP contribution in [0.3, 0.4) is 0 Å². The maximum absolute atomic E-state index is 13.0. The Morgan fingerprint density at radius 3 is 3.00 bits per heavy atom. The Morgan fingerprint density at radius 2 is 2.35 bits per heavy atom. The summed E-state index contributed by atoms with van der Waals surface area (Å²) in [6, 6.07) is 5.66. The second kappa shape index (κ2) is 4.78. The summed E-state index contributed by atoms with van der Waals surface area (Å²) in [7, 11) is 1.67. The van der Waals surface area contributed by atoms with Crippen LogP contribution < -0.4 is 0 Å². The molecule has 1 aromatic carbocycles. The number of H-pyrrole nitrogens is 1. The Bertz CT molecular complexity index is 510. The Balaban J connectivity index is 2.09. The van der Waals surface area contributed by atoms with Gasteiger partial charge in [-0.2, -0.15) is 5.10 Å². The van der Waals surface area contributed by atoms with Crippen LogP contribution in [0.15, 0.2) is 36.7 Å². The van der Waals surface area contributed by atoms with Crippen LogP contribution >= 0.6 is 0 Å². The Labute approximate surface area is 98.1 Å². The summed E-state index contributed by atoms with van der Waals surface area (Å²) in [6.45, 7) is 0.436. The highest BCUT2D eigenvalue weighted by molar-refractivity contribution is 5.93. The number of halogens is 1. The Hall–Kier alpha value is -2.17. The predicted molar refractivity (Wildman–Crippen MR) is 60.8 cm³/mol. The van der Waals surface area contributed by atoms with Crippen molar-refractivity contribution in [2.24, 2.45) is 0 Å². The molecule has 1 N–H and O–H groups in total. The summed E-state index contributed by atoms with van der Waals surface area (Å²) in [5.41, 5.74) is 1.24. The summed E-state index contributed by atoms with van der Waals surface area (Å²) in [5, 5.41) is 6.47. The van der Waals surface area contributed by atoms with Crippen molar-refractivity contribution >= 4 is 5.91 Å². The van der Waals surface area contributed by atoms with Gasteiger partial charge < -0.3 is 4.90 Å². The van der Waals surface area contributed by atoms with Crippen LogP contribution in [0.5, 0.6) is 0 Å². The van der Waals surface area contributed by atoms with Gasteiger partial charge in [-0.25, -0.2) is 4.39 Å². The van der Waals surface area contributed by atoms with Crippen LogP contribution in [0.25, 0.3) is 0 Å². The van der Waals surface area contributed by atoms with E-state index in [1.807, 2.05) is 0 Å². The molecule has 4 nitrogen and oxygen atoms in total. The van der Waals surface area contributed by atoms with Gasteiger partial charge in [-0.05, 0) is 18.2 Å². The van der Waals surface area contributed by atoms with Crippen LogP contribution in [0.1, 0.15) is 15.9 Å². The minimum Gasteiger partial charge on any atom is -0.337 e. The summed E-state index contributed by atoms with van der Waals surface area (Å²) < 4.78 is 13.0. The first-order chi connectivity index (χ1) is 8.16. The molecule has 0 spiro atoms. The van der Waals surface area contributed by atoms with E-state index in [1.54, 1.807) is 25.5 Å². The van der Waals surface area contributed by atoms with Gasteiger partial charge in [-0.3, -0.25) is 9.89 Å². The van der Waals surface area contributed by atoms with Crippen molar-refractivity contribution in [3.63, 3.8) is 0 Å². The van der Waals surface area contributed by atoms with Gasteiger partial charge in [-0.1, -0.05) is 6.07 Å². The molecule has 88 valence electrons. The number of nitrogens with zero attached hydrogens (tertiary/aromatic N) is 2. The van der Waals surface area contributed by atoms with Crippen LogP contribution in [-0.2, 0) is 6.54 Å². The number of rotatable bonds is 3. The second-order valence-electron chi connectivity index (χ2n) is 3.78. The fraction of sp³-hybridized carbons (Fsp3) is 0.167. The molecule has 1 amide bonds. The number of aromatic amines is 1. The third-order valence-electron chi connectivity index (χ3n) is 2.39. The third-order valence-corrected chi connectivity index (χ3v) is 2.39. The first kappa shape index (κ1) is 11.3. The van der Waals surface area contributed by atoms with E-state index in [-0.39, 0.29) is 5.91 Å². The highest BCUT2D eigenvalue weighted by Crippen LogP contribution is 2.08. The van der Waals surface area contributed by atoms with E-state index in [0.717, 1.165) is 5.56 Å². The molecule has 1 heterocycles. The third kappa shape index (κ3) is 2.69. The zero-order valence-corrected chi connectivity index (χ0v) is 9.35. The molecule has 0 aliphatic heterocycles. The van der Waals surface area contributed by atoms with Gasteiger partial charge in [0.15, 0.2) is 0 Å². The molecule has 17 heavy (non-hydrogen) atoms. The average Bonchev–Trinajstić information content (AvgIpc) is 2.80. The number of nitrogens with one attached hydrogen (secondary N) is 1. The molecule has 0 radical (unpaired) electrons. The maximum atomic E-state index is 13.0. The molecule has 2 aromatic rings. The summed E-state index contributed by atoms with van der Waals surface area (Å²) >= 11 is 0. The van der Waals surface area contributed by atoms with Crippen molar-refractivity contribution in [2.45, 2.75) is 6.54 Å². The number of aromatic nitrogens is 2. The highest BCUT2D eigenvalue weighted by Gasteiger charge is 2.12. The van der Waals surface area contributed by atoms with Gasteiger partial charge in [0.05, 0.1) is 6.20 Å². The molecular weight excluding hydrogens is 221 g/mol. The van der Waals surface area contributed by atoms with E-state index in [9.17, 15) is 9.18 Å². The smallest absolute Gasteiger partial charge is 0.254 e. The van der Waals surface area contributed by atoms with Crippen LogP contribution in [0, 0.1) is 5.82 Å². The lowest BCUT2D eigenvalue weighted by molar-refractivity contribution is 0.0784. The summed E-state index contributed by atoms with van der Waals surface area (Å²) in [4.78, 5) is 13.5. The van der Waals surface area contributed by atoms with Crippen molar-refractivity contribution in [1.82, 2.24) is 15.1 Å². The van der Waals surface area contributed by atoms with E-state index in [2.05, 4.69) is 10.2 Å². The Kier molecular flexibility index (Phi) is 3.18. The number of amides is 1. The zero-order valence-electron chi connectivity index (χ0n) is 9.35. The number of hydrogen-bond acceptors (Lipinski definition) is 2. The first-order valence-corrected chi connectivity index (χ1v) is 5.15. The minimum atomic E-state index is -0.410. The largest absolute Gasteiger partial charge is 0.337 e. The zero-order chi connectivity index (χ0) is 12.3. The second-order valence-corrected chi connectivity index (χ2v) is 3.78. The maximum Gasteiger partial charge on any atom is 0.254 e. The van der Waals surface area contributed by atoms with E-state index < -0.39 is 5.82 Å². The molecule has 0 unspecified atom stereocenters. The lowest BCUT2D eigenvalue weighted by Crippen LogP contribution is -2.26. The van der Waals surface area contributed by atoms with Gasteiger partial charge >= 0.3 is 0 Å². The van der Waals surface area contributed by atoms with Crippen LogP contribution in [0.2, 0.25) is 0 Å². The monoisotopic (exact) mass is 233 g/mol. The highest BCUT2D eigenvalue weighted by atomic mass is 19.1. The molecule has 0 saturated heterocycles. The fourth-order valence-electron chi connectivity index (χ4n) is 1.55. The summed E-state index contributed by atoms with van der Waals surface area (Å²) in [6.07, 6.45) is 3.37. The van der Waals surface area contributed by atoms with Crippen LogP contribution in [-0.4, -0.2) is 28.1 Å². The number of benzene rings is 1. The van der Waals surface area contributed by atoms with Crippen molar-refractivity contribution in [3.8, 4) is 0 Å². The van der Waals surface area contributed by atoms with Gasteiger partial charge in [0, 0.05) is 30.9 Å². The minimum absolute atomic E-state index is 0.217. The van der Waals surface area contributed by atoms with Gasteiger partial charge in [0.1, 0.15) is 5.82 Å². The van der Waals surface area contributed by atoms with Gasteiger partial charge in [0.25, 0.3) is 5.91 Å². The molecule has 0 aliphatic carbocycles. The molecule has 0 atom stereocenters. The van der Waals surface area contributed by atoms with Gasteiger partial charge in [0.2, 0.25) is 0 Å². The van der Waals surface area contributed by atoms with Gasteiger partial charge in [-0.15, -0.1) is 0 Å². The normalized spacial score (nSPS) is 10.2. The number of hydrogen-bond donors (Lipinski definition) is 1. The molecule has 0 aliphatic rings. The fourth-order valence-corrected chi connectivity index (χ4v) is 1.55. The van der Waals surface area contributed by atoms with E-state index >= 15 is 0 Å². The van der Waals surface area contributed by atoms with Crippen molar-refractivity contribution in [3.05, 3.63) is 53.6 Å². The molecule has 0 saturated carbocycles. The summed E-state index contributed by atoms with van der Waals surface area (Å²) in [5.74, 6) is -0.627. The van der Waals surface area contributed by atoms with E-state index in [0.29, 0.717) is 12.1 Å². The topological polar surface area (TPSA) is 49.0 Å². The molecule has 0 bridgehead atoms. The lowest BCUT2D eigenvalue weighted by atomic mass is 10.2. The predicted octanol–water partition coefficient (Wildman–Crippen LogP) is 1.82. The van der Waals surface area contributed by atoms with Crippen molar-refractivity contribution in [2.75, 3.05) is 7.05 Å². The standard InChI is InChI=1S/C12H12FN3O/c1-16(8-9-6-14-15-7-9)12(17)10-3-2-4-11(13)5-10/h2-7H,8H2,1H3,(H,14,15). The molecular formula is C12H12FN3O. The number of carbonyl (C=O) groups is 1. The lowest BCUT2D eigenvalue weighted by Gasteiger charge is -2.16. The van der Waals surface area contributed by atoms with E-state index in [4.69, 9.17) is 0 Å². The van der Waals surface area contributed by atoms with E-state index in [1.165, 1.54) is 23.1 Å². The molecule has 5 heteroatoms. The quantitative estimate of drug-likeness (QED) is 0.879. The average molecular weight is 233 g/mol.